The van der Waals surface area contributed by atoms with Gasteiger partial charge in [-0.25, -0.2) is 12.8 Å². The molecule has 0 aliphatic heterocycles. The fourth-order valence-corrected chi connectivity index (χ4v) is 2.29. The number of benzene rings is 1. The van der Waals surface area contributed by atoms with E-state index < -0.39 is 32.1 Å². The smallest absolute Gasteiger partial charge is 0.236 e. The lowest BCUT2D eigenvalue weighted by Gasteiger charge is -2.10. The summed E-state index contributed by atoms with van der Waals surface area (Å²) in [5, 5.41) is 9.15. The second-order valence-corrected chi connectivity index (χ2v) is 6.08. The fourth-order valence-electron chi connectivity index (χ4n) is 1.12. The summed E-state index contributed by atoms with van der Waals surface area (Å²) in [4.78, 5) is 0. The minimum absolute atomic E-state index is 0.127. The summed E-state index contributed by atoms with van der Waals surface area (Å²) >= 11 is 5.49. The van der Waals surface area contributed by atoms with Crippen molar-refractivity contribution in [3.8, 4) is 11.5 Å². The Hall–Kier alpha value is -0.720. The van der Waals surface area contributed by atoms with Crippen molar-refractivity contribution < 1.29 is 22.7 Å². The Balaban J connectivity index is 3.37. The van der Waals surface area contributed by atoms with Gasteiger partial charge in [-0.3, -0.25) is 0 Å². The number of rotatable bonds is 3. The molecule has 0 aromatic heterocycles. The Kier molecular flexibility index (Phi) is 3.88. The third-order valence-corrected chi connectivity index (χ3v) is 3.02. The van der Waals surface area contributed by atoms with Crippen LogP contribution in [0.2, 0.25) is 5.02 Å². The molecule has 0 unspecified atom stereocenters. The van der Waals surface area contributed by atoms with Crippen LogP contribution >= 0.6 is 22.3 Å². The molecule has 0 saturated carbocycles. The summed E-state index contributed by atoms with van der Waals surface area (Å²) < 4.78 is 39.5. The second-order valence-electron chi connectivity index (χ2n) is 2.90. The van der Waals surface area contributed by atoms with Gasteiger partial charge < -0.3 is 9.84 Å². The Morgan fingerprint density at radius 1 is 1.56 bits per heavy atom. The van der Waals surface area contributed by atoms with Crippen LogP contribution in [0.1, 0.15) is 5.56 Å². The van der Waals surface area contributed by atoms with Crippen molar-refractivity contribution in [1.82, 2.24) is 0 Å². The van der Waals surface area contributed by atoms with Crippen molar-refractivity contribution in [3.63, 3.8) is 0 Å². The van der Waals surface area contributed by atoms with E-state index >= 15 is 0 Å². The van der Waals surface area contributed by atoms with Gasteiger partial charge in [-0.05, 0) is 6.07 Å². The zero-order valence-electron chi connectivity index (χ0n) is 8.00. The Morgan fingerprint density at radius 2 is 2.12 bits per heavy atom. The van der Waals surface area contributed by atoms with Crippen molar-refractivity contribution in [3.05, 3.63) is 22.5 Å². The van der Waals surface area contributed by atoms with Crippen LogP contribution in [0.3, 0.4) is 0 Å². The third kappa shape index (κ3) is 2.90. The molecule has 8 heteroatoms. The van der Waals surface area contributed by atoms with Gasteiger partial charge in [-0.15, -0.1) is 0 Å². The van der Waals surface area contributed by atoms with E-state index in [0.29, 0.717) is 0 Å². The number of methoxy groups -OCH3 is 1. The van der Waals surface area contributed by atoms with E-state index in [2.05, 4.69) is 4.74 Å². The monoisotopic (exact) mass is 288 g/mol. The molecular weight excluding hydrogens is 282 g/mol. The first kappa shape index (κ1) is 13.3. The molecular formula is C8H7Cl2FO4S. The lowest BCUT2D eigenvalue weighted by molar-refractivity contribution is 0.349. The van der Waals surface area contributed by atoms with E-state index in [1.54, 1.807) is 0 Å². The SMILES string of the molecule is COc1c(O)c(CS(=O)(=O)Cl)cc(Cl)c1F. The zero-order chi connectivity index (χ0) is 12.5. The van der Waals surface area contributed by atoms with Crippen LogP contribution in [0.15, 0.2) is 6.07 Å². The van der Waals surface area contributed by atoms with Gasteiger partial charge in [-0.2, -0.15) is 0 Å². The molecule has 0 aliphatic rings. The number of hydrogen-bond acceptors (Lipinski definition) is 4. The molecule has 0 heterocycles. The first-order chi connectivity index (χ1) is 7.26. The van der Waals surface area contributed by atoms with Gasteiger partial charge in [0.2, 0.25) is 9.05 Å². The normalized spacial score (nSPS) is 11.5. The summed E-state index contributed by atoms with van der Waals surface area (Å²) in [6.07, 6.45) is 0. The first-order valence-electron chi connectivity index (χ1n) is 3.92. The molecule has 0 aliphatic carbocycles. The van der Waals surface area contributed by atoms with Crippen LogP contribution in [0.4, 0.5) is 4.39 Å². The standard InChI is InChI=1S/C8H7Cl2FO4S/c1-15-8-6(11)5(9)2-4(7(8)12)3-16(10,13)14/h2,12H,3H2,1H3. The Bertz CT molecular complexity index is 515. The summed E-state index contributed by atoms with van der Waals surface area (Å²) in [6.45, 7) is 0. The Labute approximate surface area is 101 Å². The number of hydrogen-bond donors (Lipinski definition) is 1. The molecule has 0 bridgehead atoms. The van der Waals surface area contributed by atoms with Crippen molar-refractivity contribution in [2.24, 2.45) is 0 Å². The number of phenols is 1. The van der Waals surface area contributed by atoms with Crippen LogP contribution in [0.25, 0.3) is 0 Å². The summed E-state index contributed by atoms with van der Waals surface area (Å²) in [5.74, 6) is -2.77. The highest BCUT2D eigenvalue weighted by Gasteiger charge is 2.20. The Morgan fingerprint density at radius 3 is 2.56 bits per heavy atom. The third-order valence-electron chi connectivity index (χ3n) is 1.76. The van der Waals surface area contributed by atoms with Crippen LogP contribution in [0.5, 0.6) is 11.5 Å². The van der Waals surface area contributed by atoms with E-state index in [4.69, 9.17) is 22.3 Å². The van der Waals surface area contributed by atoms with E-state index in [0.717, 1.165) is 13.2 Å². The average molecular weight is 289 g/mol. The first-order valence-corrected chi connectivity index (χ1v) is 6.78. The van der Waals surface area contributed by atoms with Gasteiger partial charge in [0.1, 0.15) is 0 Å². The molecule has 0 radical (unpaired) electrons. The zero-order valence-corrected chi connectivity index (χ0v) is 10.3. The maximum absolute atomic E-state index is 13.3. The van der Waals surface area contributed by atoms with Crippen molar-refractivity contribution >= 4 is 31.3 Å². The molecule has 0 saturated heterocycles. The van der Waals surface area contributed by atoms with Crippen LogP contribution in [-0.4, -0.2) is 20.6 Å². The summed E-state index contributed by atoms with van der Waals surface area (Å²) in [6, 6.07) is 0.981. The van der Waals surface area contributed by atoms with E-state index in [-0.39, 0.29) is 10.6 Å². The molecule has 1 aromatic carbocycles. The van der Waals surface area contributed by atoms with Crippen LogP contribution < -0.4 is 4.74 Å². The number of halogens is 3. The quantitative estimate of drug-likeness (QED) is 0.867. The highest BCUT2D eigenvalue weighted by molar-refractivity contribution is 8.13. The average Bonchev–Trinajstić information content (AvgIpc) is 2.13. The molecule has 4 nitrogen and oxygen atoms in total. The van der Waals surface area contributed by atoms with Crippen molar-refractivity contribution in [1.29, 1.82) is 0 Å². The number of phenolic OH excluding ortho intramolecular Hbond substituents is 1. The number of ether oxygens (including phenoxy) is 1. The molecule has 0 spiro atoms. The minimum atomic E-state index is -3.88. The van der Waals surface area contributed by atoms with Crippen LogP contribution in [-0.2, 0) is 14.8 Å². The van der Waals surface area contributed by atoms with Gasteiger partial charge in [0.15, 0.2) is 17.3 Å². The predicted octanol–water partition coefficient (Wildman–Crippen LogP) is 2.26. The summed E-state index contributed by atoms with van der Waals surface area (Å²) in [7, 11) is 2.25. The lowest BCUT2D eigenvalue weighted by Crippen LogP contribution is -1.99. The van der Waals surface area contributed by atoms with Gasteiger partial charge in [0, 0.05) is 16.2 Å². The highest BCUT2D eigenvalue weighted by Crippen LogP contribution is 2.38. The predicted molar refractivity (Wildman–Crippen MR) is 58.1 cm³/mol. The molecule has 1 rings (SSSR count). The van der Waals surface area contributed by atoms with Gasteiger partial charge in [0.05, 0.1) is 17.9 Å². The fraction of sp³-hybridized carbons (Fsp3) is 0.250. The van der Waals surface area contributed by atoms with E-state index in [9.17, 15) is 17.9 Å². The highest BCUT2D eigenvalue weighted by atomic mass is 35.7. The maximum atomic E-state index is 13.3. The molecule has 1 N–H and O–H groups in total. The summed E-state index contributed by atoms with van der Waals surface area (Å²) in [5.41, 5.74) is -0.127. The molecule has 0 amide bonds. The second kappa shape index (κ2) is 4.65. The number of aromatic hydroxyl groups is 1. The van der Waals surface area contributed by atoms with E-state index in [1.165, 1.54) is 0 Å². The largest absolute Gasteiger partial charge is 0.504 e. The minimum Gasteiger partial charge on any atom is -0.504 e. The molecule has 90 valence electrons. The molecule has 1 aromatic rings. The van der Waals surface area contributed by atoms with Crippen molar-refractivity contribution in [2.75, 3.05) is 7.11 Å². The van der Waals surface area contributed by atoms with Gasteiger partial charge >= 0.3 is 0 Å². The van der Waals surface area contributed by atoms with E-state index in [1.807, 2.05) is 0 Å². The maximum Gasteiger partial charge on any atom is 0.236 e. The van der Waals surface area contributed by atoms with Gasteiger partial charge in [-0.1, -0.05) is 11.6 Å². The molecule has 0 fully saturated rings. The molecule has 16 heavy (non-hydrogen) atoms. The lowest BCUT2D eigenvalue weighted by atomic mass is 10.2. The van der Waals surface area contributed by atoms with Crippen molar-refractivity contribution in [2.45, 2.75) is 5.75 Å². The topological polar surface area (TPSA) is 63.6 Å². The van der Waals surface area contributed by atoms with Crippen LogP contribution in [0, 0.1) is 5.82 Å². The molecule has 0 atom stereocenters. The van der Waals surface area contributed by atoms with Gasteiger partial charge in [0.25, 0.3) is 0 Å².